The van der Waals surface area contributed by atoms with Crippen LogP contribution in [0.4, 0.5) is 5.69 Å². The number of amides is 1. The van der Waals surface area contributed by atoms with E-state index in [0.717, 1.165) is 21.9 Å². The number of sulfonamides is 1. The number of ether oxygens (including phenoxy) is 3. The summed E-state index contributed by atoms with van der Waals surface area (Å²) >= 11 is 0. The molecular weight excluding hydrogens is 420 g/mol. The fourth-order valence-electron chi connectivity index (χ4n) is 3.00. The highest BCUT2D eigenvalue weighted by Gasteiger charge is 2.24. The van der Waals surface area contributed by atoms with Crippen molar-refractivity contribution in [2.75, 3.05) is 44.5 Å². The first-order chi connectivity index (χ1) is 14.7. The molecule has 0 bridgehead atoms. The molecule has 2 aromatic rings. The van der Waals surface area contributed by atoms with Crippen LogP contribution in [0.15, 0.2) is 42.5 Å². The second kappa shape index (κ2) is 10.9. The Morgan fingerprint density at radius 1 is 1.06 bits per heavy atom. The molecule has 0 saturated heterocycles. The number of benzene rings is 2. The van der Waals surface area contributed by atoms with E-state index in [0.29, 0.717) is 17.4 Å². The minimum Gasteiger partial charge on any atom is -0.497 e. The van der Waals surface area contributed by atoms with Gasteiger partial charge in [0, 0.05) is 6.07 Å². The van der Waals surface area contributed by atoms with E-state index in [2.05, 4.69) is 19.2 Å². The Labute approximate surface area is 184 Å². The molecule has 170 valence electrons. The number of hydrogen-bond acceptors (Lipinski definition) is 6. The summed E-state index contributed by atoms with van der Waals surface area (Å²) in [6, 6.07) is 12.5. The molecule has 9 heteroatoms. The summed E-state index contributed by atoms with van der Waals surface area (Å²) in [6.07, 6.45) is 1.03. The molecule has 0 saturated carbocycles. The van der Waals surface area contributed by atoms with Crippen molar-refractivity contribution in [2.45, 2.75) is 19.8 Å². The first-order valence-corrected chi connectivity index (χ1v) is 11.7. The molecule has 1 N–H and O–H groups in total. The molecule has 0 unspecified atom stereocenters. The topological polar surface area (TPSA) is 94.2 Å². The van der Waals surface area contributed by atoms with Gasteiger partial charge in [-0.2, -0.15) is 0 Å². The molecule has 1 amide bonds. The highest BCUT2D eigenvalue weighted by Crippen LogP contribution is 2.33. The Morgan fingerprint density at radius 2 is 1.77 bits per heavy atom. The zero-order valence-electron chi connectivity index (χ0n) is 18.5. The zero-order valence-corrected chi connectivity index (χ0v) is 19.4. The summed E-state index contributed by atoms with van der Waals surface area (Å²) < 4.78 is 42.0. The minimum absolute atomic E-state index is 0.224. The van der Waals surface area contributed by atoms with E-state index >= 15 is 0 Å². The Bertz CT molecular complexity index is 991. The smallest absolute Gasteiger partial charge is 0.240 e. The molecule has 0 aliphatic carbocycles. The van der Waals surface area contributed by atoms with Gasteiger partial charge in [-0.05, 0) is 29.7 Å². The largest absolute Gasteiger partial charge is 0.497 e. The predicted octanol–water partition coefficient (Wildman–Crippen LogP) is 2.79. The lowest BCUT2D eigenvalue weighted by Gasteiger charge is -2.24. The lowest BCUT2D eigenvalue weighted by Crippen LogP contribution is -2.41. The first-order valence-electron chi connectivity index (χ1n) is 9.85. The lowest BCUT2D eigenvalue weighted by atomic mass is 10.0. The number of para-hydroxylation sites is 1. The fraction of sp³-hybridized carbons (Fsp3) is 0.409. The van der Waals surface area contributed by atoms with Crippen LogP contribution in [-0.2, 0) is 14.8 Å². The quantitative estimate of drug-likeness (QED) is 0.529. The van der Waals surface area contributed by atoms with Crippen molar-refractivity contribution in [3.05, 3.63) is 48.0 Å². The van der Waals surface area contributed by atoms with E-state index in [9.17, 15) is 13.2 Å². The lowest BCUT2D eigenvalue weighted by molar-refractivity contribution is -0.119. The number of carbonyl (C=O) groups excluding carboxylic acids is 1. The molecule has 0 aromatic heterocycles. The van der Waals surface area contributed by atoms with Gasteiger partial charge in [-0.15, -0.1) is 0 Å². The van der Waals surface area contributed by atoms with Crippen LogP contribution in [0.1, 0.15) is 25.3 Å². The SMILES string of the molecule is COc1ccc(OC)c(N(CC(=O)NCCOc2ccccc2C(C)C)S(C)(=O)=O)c1. The van der Waals surface area contributed by atoms with Gasteiger partial charge in [0.2, 0.25) is 15.9 Å². The third kappa shape index (κ3) is 6.78. The summed E-state index contributed by atoms with van der Waals surface area (Å²) in [5.74, 6) is 1.38. The molecule has 0 spiro atoms. The number of rotatable bonds is 11. The molecule has 0 atom stereocenters. The number of hydrogen-bond donors (Lipinski definition) is 1. The van der Waals surface area contributed by atoms with Crippen LogP contribution in [-0.4, -0.2) is 54.5 Å². The van der Waals surface area contributed by atoms with Gasteiger partial charge < -0.3 is 19.5 Å². The monoisotopic (exact) mass is 450 g/mol. The molecule has 0 fully saturated rings. The third-order valence-corrected chi connectivity index (χ3v) is 5.69. The molecular formula is C22H30N2O6S. The van der Waals surface area contributed by atoms with Gasteiger partial charge in [-0.25, -0.2) is 8.42 Å². The van der Waals surface area contributed by atoms with Gasteiger partial charge in [0.05, 0.1) is 32.7 Å². The van der Waals surface area contributed by atoms with Crippen molar-refractivity contribution < 1.29 is 27.4 Å². The molecule has 2 aromatic carbocycles. The average Bonchev–Trinajstić information content (AvgIpc) is 2.74. The van der Waals surface area contributed by atoms with Crippen LogP contribution in [0, 0.1) is 0 Å². The maximum Gasteiger partial charge on any atom is 0.240 e. The molecule has 0 aliphatic rings. The predicted molar refractivity (Wildman–Crippen MR) is 121 cm³/mol. The molecule has 2 rings (SSSR count). The Balaban J connectivity index is 2.03. The van der Waals surface area contributed by atoms with E-state index in [1.807, 2.05) is 24.3 Å². The third-order valence-electron chi connectivity index (χ3n) is 4.57. The normalized spacial score (nSPS) is 11.2. The highest BCUT2D eigenvalue weighted by molar-refractivity contribution is 7.92. The van der Waals surface area contributed by atoms with Gasteiger partial charge in [-0.3, -0.25) is 9.10 Å². The van der Waals surface area contributed by atoms with Crippen molar-refractivity contribution in [1.82, 2.24) is 5.32 Å². The highest BCUT2D eigenvalue weighted by atomic mass is 32.2. The first kappa shape index (κ1) is 24.3. The van der Waals surface area contributed by atoms with E-state index in [1.165, 1.54) is 20.3 Å². The summed E-state index contributed by atoms with van der Waals surface area (Å²) in [5.41, 5.74) is 1.31. The van der Waals surface area contributed by atoms with Gasteiger partial charge in [0.25, 0.3) is 0 Å². The van der Waals surface area contributed by atoms with E-state index in [4.69, 9.17) is 14.2 Å². The molecule has 0 heterocycles. The minimum atomic E-state index is -3.75. The summed E-state index contributed by atoms with van der Waals surface area (Å²) in [4.78, 5) is 12.5. The molecule has 8 nitrogen and oxygen atoms in total. The second-order valence-corrected chi connectivity index (χ2v) is 9.11. The van der Waals surface area contributed by atoms with E-state index < -0.39 is 22.5 Å². The molecule has 31 heavy (non-hydrogen) atoms. The van der Waals surface area contributed by atoms with Crippen LogP contribution in [0.3, 0.4) is 0 Å². The van der Waals surface area contributed by atoms with Crippen molar-refractivity contribution >= 4 is 21.6 Å². The fourth-order valence-corrected chi connectivity index (χ4v) is 3.85. The van der Waals surface area contributed by atoms with Crippen LogP contribution < -0.4 is 23.8 Å². The molecule has 0 radical (unpaired) electrons. The second-order valence-electron chi connectivity index (χ2n) is 7.20. The zero-order chi connectivity index (χ0) is 23.0. The Kier molecular flexibility index (Phi) is 8.56. The molecule has 0 aliphatic heterocycles. The van der Waals surface area contributed by atoms with Gasteiger partial charge >= 0.3 is 0 Å². The van der Waals surface area contributed by atoms with Crippen LogP contribution in [0.2, 0.25) is 0 Å². The summed E-state index contributed by atoms with van der Waals surface area (Å²) in [6.45, 7) is 4.26. The number of methoxy groups -OCH3 is 2. The summed E-state index contributed by atoms with van der Waals surface area (Å²) in [5, 5.41) is 2.70. The van der Waals surface area contributed by atoms with Crippen molar-refractivity contribution in [3.8, 4) is 17.2 Å². The van der Waals surface area contributed by atoms with Crippen molar-refractivity contribution in [3.63, 3.8) is 0 Å². The number of carbonyl (C=O) groups is 1. The van der Waals surface area contributed by atoms with Gasteiger partial charge in [0.15, 0.2) is 0 Å². The van der Waals surface area contributed by atoms with Crippen molar-refractivity contribution in [1.29, 1.82) is 0 Å². The average molecular weight is 451 g/mol. The van der Waals surface area contributed by atoms with Crippen LogP contribution in [0.5, 0.6) is 17.2 Å². The summed E-state index contributed by atoms with van der Waals surface area (Å²) in [7, 11) is -0.852. The van der Waals surface area contributed by atoms with Crippen LogP contribution in [0.25, 0.3) is 0 Å². The van der Waals surface area contributed by atoms with Gasteiger partial charge in [0.1, 0.15) is 30.4 Å². The Morgan fingerprint density at radius 3 is 2.39 bits per heavy atom. The number of nitrogens with zero attached hydrogens (tertiary/aromatic N) is 1. The number of nitrogens with one attached hydrogen (secondary N) is 1. The maximum absolute atomic E-state index is 12.5. The van der Waals surface area contributed by atoms with E-state index in [-0.39, 0.29) is 18.8 Å². The van der Waals surface area contributed by atoms with Crippen LogP contribution >= 0.6 is 0 Å². The van der Waals surface area contributed by atoms with Crippen molar-refractivity contribution in [2.24, 2.45) is 0 Å². The maximum atomic E-state index is 12.5. The standard InChI is InChI=1S/C22H30N2O6S/c1-16(2)18-8-6-7-9-20(18)30-13-12-23-22(25)15-24(31(5,26)27)19-14-17(28-3)10-11-21(19)29-4/h6-11,14,16H,12-13,15H2,1-5H3,(H,23,25). The Hall–Kier alpha value is -2.94. The number of anilines is 1. The van der Waals surface area contributed by atoms with Gasteiger partial charge in [-0.1, -0.05) is 32.0 Å². The van der Waals surface area contributed by atoms with E-state index in [1.54, 1.807) is 12.1 Å².